The molecule has 0 N–H and O–H groups in total. The summed E-state index contributed by atoms with van der Waals surface area (Å²) >= 11 is 5.97. The molecule has 0 saturated carbocycles. The quantitative estimate of drug-likeness (QED) is 0.570. The Morgan fingerprint density at radius 3 is 2.16 bits per heavy atom. The number of methoxy groups -OCH3 is 1. The average molecular weight is 435 g/mol. The van der Waals surface area contributed by atoms with Crippen LogP contribution in [0.2, 0.25) is 5.02 Å². The highest BCUT2D eigenvalue weighted by atomic mass is 35.5. The normalized spacial score (nSPS) is 22.7. The predicted molar refractivity (Wildman–Crippen MR) is 117 cm³/mol. The Labute approximate surface area is 184 Å². The van der Waals surface area contributed by atoms with E-state index < -0.39 is 18.1 Å². The highest BCUT2D eigenvalue weighted by Gasteiger charge is 2.60. The van der Waals surface area contributed by atoms with Crippen LogP contribution in [0.3, 0.4) is 0 Å². The number of rotatable bonds is 4. The fraction of sp³-hybridized carbons (Fsp3) is 0.167. The number of fused-ring (bicyclic) bond motifs is 1. The molecular weight excluding hydrogens is 416 g/mol. The summed E-state index contributed by atoms with van der Waals surface area (Å²) < 4.78 is 5.27. The second kappa shape index (κ2) is 7.72. The van der Waals surface area contributed by atoms with Crippen molar-refractivity contribution < 1.29 is 19.2 Å². The topological polar surface area (TPSA) is 59.1 Å². The zero-order valence-electron chi connectivity index (χ0n) is 16.6. The van der Waals surface area contributed by atoms with Crippen LogP contribution in [-0.4, -0.2) is 25.0 Å². The molecule has 156 valence electrons. The van der Waals surface area contributed by atoms with E-state index in [1.54, 1.807) is 36.4 Å². The van der Waals surface area contributed by atoms with Crippen molar-refractivity contribution in [3.05, 3.63) is 89.4 Å². The van der Waals surface area contributed by atoms with Crippen molar-refractivity contribution in [1.82, 2.24) is 0 Å². The standard InChI is InChI=1S/C24H19ClN2O4/c1-30-19-13-7-15(8-14-19)21-20-22(31-27(21)18-5-3-2-4-6-18)24(29)26(23(20)28)17-11-9-16(25)10-12-17/h2-14,20-22H,1H3/t20-,21-,22+/m1/s1. The van der Waals surface area contributed by atoms with Crippen LogP contribution in [0.15, 0.2) is 78.9 Å². The van der Waals surface area contributed by atoms with Gasteiger partial charge >= 0.3 is 0 Å². The molecule has 0 aliphatic carbocycles. The molecule has 0 aromatic heterocycles. The minimum absolute atomic E-state index is 0.295. The number of carbonyl (C=O) groups is 2. The highest BCUT2D eigenvalue weighted by molar-refractivity contribution is 6.31. The van der Waals surface area contributed by atoms with E-state index >= 15 is 0 Å². The Bertz CT molecular complexity index is 1120. The van der Waals surface area contributed by atoms with Crippen LogP contribution in [0.5, 0.6) is 5.75 Å². The third-order valence-electron chi connectivity index (χ3n) is 5.67. The van der Waals surface area contributed by atoms with Gasteiger partial charge in [0.15, 0.2) is 6.10 Å². The summed E-state index contributed by atoms with van der Waals surface area (Å²) in [5, 5.41) is 2.21. The van der Waals surface area contributed by atoms with Gasteiger partial charge in [0.05, 0.1) is 24.5 Å². The van der Waals surface area contributed by atoms with Gasteiger partial charge in [-0.05, 0) is 54.1 Å². The maximum absolute atomic E-state index is 13.5. The summed E-state index contributed by atoms with van der Waals surface area (Å²) in [5.74, 6) is -0.648. The Hall–Kier alpha value is -3.35. The van der Waals surface area contributed by atoms with Gasteiger partial charge in [0, 0.05) is 5.02 Å². The minimum atomic E-state index is -0.907. The first-order valence-corrected chi connectivity index (χ1v) is 10.2. The lowest BCUT2D eigenvalue weighted by molar-refractivity contribution is -0.126. The zero-order valence-corrected chi connectivity index (χ0v) is 17.4. The van der Waals surface area contributed by atoms with Crippen molar-refractivity contribution in [3.63, 3.8) is 0 Å². The minimum Gasteiger partial charge on any atom is -0.497 e. The van der Waals surface area contributed by atoms with Gasteiger partial charge in [-0.1, -0.05) is 41.9 Å². The number of hydroxylamine groups is 1. The molecule has 2 aliphatic heterocycles. The molecule has 5 rings (SSSR count). The third kappa shape index (κ3) is 3.24. The average Bonchev–Trinajstić information content (AvgIpc) is 3.31. The Balaban J connectivity index is 1.57. The highest BCUT2D eigenvalue weighted by Crippen LogP contribution is 2.47. The molecule has 0 radical (unpaired) electrons. The van der Waals surface area contributed by atoms with Gasteiger partial charge in [-0.25, -0.2) is 9.96 Å². The molecule has 3 aromatic carbocycles. The number of amides is 2. The van der Waals surface area contributed by atoms with E-state index in [0.29, 0.717) is 16.5 Å². The van der Waals surface area contributed by atoms with E-state index in [0.717, 1.165) is 11.3 Å². The smallest absolute Gasteiger partial charge is 0.266 e. The number of hydrogen-bond donors (Lipinski definition) is 0. The van der Waals surface area contributed by atoms with Crippen molar-refractivity contribution in [2.24, 2.45) is 5.92 Å². The lowest BCUT2D eigenvalue weighted by atomic mass is 9.90. The van der Waals surface area contributed by atoms with Gasteiger partial charge in [0.1, 0.15) is 11.7 Å². The van der Waals surface area contributed by atoms with Crippen molar-refractivity contribution >= 4 is 34.8 Å². The molecule has 0 unspecified atom stereocenters. The van der Waals surface area contributed by atoms with E-state index in [9.17, 15) is 9.59 Å². The van der Waals surface area contributed by atoms with Crippen molar-refractivity contribution in [2.75, 3.05) is 17.1 Å². The monoisotopic (exact) mass is 434 g/mol. The van der Waals surface area contributed by atoms with E-state index in [4.69, 9.17) is 21.2 Å². The Morgan fingerprint density at radius 2 is 1.52 bits per heavy atom. The predicted octanol–water partition coefficient (Wildman–Crippen LogP) is 4.40. The molecular formula is C24H19ClN2O4. The number of benzene rings is 3. The molecule has 3 atom stereocenters. The van der Waals surface area contributed by atoms with E-state index in [1.165, 1.54) is 4.90 Å². The van der Waals surface area contributed by atoms with Crippen molar-refractivity contribution in [3.8, 4) is 5.75 Å². The molecule has 2 aliphatic rings. The summed E-state index contributed by atoms with van der Waals surface area (Å²) in [5.41, 5.74) is 2.12. The number of ether oxygens (including phenoxy) is 1. The van der Waals surface area contributed by atoms with Crippen LogP contribution >= 0.6 is 11.6 Å². The van der Waals surface area contributed by atoms with Crippen molar-refractivity contribution in [1.29, 1.82) is 0 Å². The summed E-state index contributed by atoms with van der Waals surface area (Å²) in [4.78, 5) is 34.1. The SMILES string of the molecule is COc1ccc([C@@H]2[C@H]3C(=O)N(c4ccc(Cl)cc4)C(=O)[C@H]3ON2c2ccccc2)cc1. The fourth-order valence-electron chi connectivity index (χ4n) is 4.20. The molecule has 2 amide bonds. The van der Waals surface area contributed by atoms with Gasteiger partial charge in [-0.3, -0.25) is 14.4 Å². The van der Waals surface area contributed by atoms with Crippen LogP contribution in [-0.2, 0) is 14.4 Å². The van der Waals surface area contributed by atoms with Gasteiger partial charge in [0.25, 0.3) is 5.91 Å². The first kappa shape index (κ1) is 19.6. The summed E-state index contributed by atoms with van der Waals surface area (Å²) in [6, 6.07) is 23.1. The van der Waals surface area contributed by atoms with Crippen LogP contribution < -0.4 is 14.7 Å². The summed E-state index contributed by atoms with van der Waals surface area (Å²) in [6.07, 6.45) is -0.907. The molecule has 7 heteroatoms. The largest absolute Gasteiger partial charge is 0.497 e. The first-order valence-electron chi connectivity index (χ1n) is 9.87. The number of para-hydroxylation sites is 1. The van der Waals surface area contributed by atoms with Gasteiger partial charge in [-0.2, -0.15) is 0 Å². The van der Waals surface area contributed by atoms with Crippen LogP contribution in [0, 0.1) is 5.92 Å². The van der Waals surface area contributed by atoms with E-state index in [-0.39, 0.29) is 11.8 Å². The van der Waals surface area contributed by atoms with Crippen molar-refractivity contribution in [2.45, 2.75) is 12.1 Å². The van der Waals surface area contributed by atoms with E-state index in [2.05, 4.69) is 0 Å². The molecule has 0 spiro atoms. The maximum atomic E-state index is 13.5. The number of halogens is 1. The van der Waals surface area contributed by atoms with E-state index in [1.807, 2.05) is 54.6 Å². The van der Waals surface area contributed by atoms with Crippen LogP contribution in [0.25, 0.3) is 0 Å². The number of nitrogens with zero attached hydrogens (tertiary/aromatic N) is 2. The Kier molecular flexibility index (Phi) is 4.88. The lowest BCUT2D eigenvalue weighted by Gasteiger charge is -2.28. The molecule has 2 saturated heterocycles. The Morgan fingerprint density at radius 1 is 0.839 bits per heavy atom. The number of imide groups is 1. The second-order valence-corrected chi connectivity index (χ2v) is 7.86. The number of hydrogen-bond acceptors (Lipinski definition) is 5. The molecule has 3 aromatic rings. The summed E-state index contributed by atoms with van der Waals surface area (Å²) in [6.45, 7) is 0. The third-order valence-corrected chi connectivity index (χ3v) is 5.92. The van der Waals surface area contributed by atoms with Gasteiger partial charge in [-0.15, -0.1) is 0 Å². The van der Waals surface area contributed by atoms with Crippen LogP contribution in [0.1, 0.15) is 11.6 Å². The molecule has 2 heterocycles. The van der Waals surface area contributed by atoms with Gasteiger partial charge < -0.3 is 4.74 Å². The van der Waals surface area contributed by atoms with Crippen LogP contribution in [0.4, 0.5) is 11.4 Å². The van der Waals surface area contributed by atoms with Gasteiger partial charge in [0.2, 0.25) is 5.91 Å². The number of anilines is 2. The molecule has 31 heavy (non-hydrogen) atoms. The second-order valence-electron chi connectivity index (χ2n) is 7.42. The maximum Gasteiger partial charge on any atom is 0.266 e. The molecule has 6 nitrogen and oxygen atoms in total. The summed E-state index contributed by atoms with van der Waals surface area (Å²) in [7, 11) is 1.60. The molecule has 2 fully saturated rings. The fourth-order valence-corrected chi connectivity index (χ4v) is 4.32. The lowest BCUT2D eigenvalue weighted by Crippen LogP contribution is -2.37. The molecule has 0 bridgehead atoms. The first-order chi connectivity index (χ1) is 15.1. The number of carbonyl (C=O) groups excluding carboxylic acids is 2. The zero-order chi connectivity index (χ0) is 21.5.